The average molecular weight is 98.5 g/mol. The largest absolute Gasteiger partial charge is 1.00 e. The molecule has 0 saturated heterocycles. The summed E-state index contributed by atoms with van der Waals surface area (Å²) < 4.78 is 0. The van der Waals surface area contributed by atoms with Crippen LogP contribution in [0.4, 0.5) is 0 Å². The van der Waals surface area contributed by atoms with E-state index in [4.69, 9.17) is 0 Å². The number of hydrogen-bond acceptors (Lipinski definition) is 0. The molecule has 0 rings (SSSR count). The quantitative estimate of drug-likeness (QED) is 0.211. The molecule has 0 aromatic rings. The molecule has 3 heteroatoms. The normalized spacial score (nSPS) is 1.50. The minimum atomic E-state index is 0. The summed E-state index contributed by atoms with van der Waals surface area (Å²) in [5, 5.41) is 0. The van der Waals surface area contributed by atoms with E-state index < -0.39 is 0 Å². The van der Waals surface area contributed by atoms with Crippen LogP contribution in [0.15, 0.2) is 0 Å². The molecule has 0 fully saturated rings. The van der Waals surface area contributed by atoms with Crippen molar-refractivity contribution in [3.05, 3.63) is 0 Å². The van der Waals surface area contributed by atoms with E-state index in [0.717, 1.165) is 0 Å². The Kier molecular flexibility index (Phi) is 75.5. The molecule has 0 unspecified atom stereocenters. The first-order valence-electron chi connectivity index (χ1n) is 0.378. The number of halogens is 1. The Hall–Kier alpha value is 2.29. The van der Waals surface area contributed by atoms with Gasteiger partial charge >= 0.3 is 59.1 Å². The fourth-order valence-corrected chi connectivity index (χ4v) is 0. The molecule has 4 heavy (non-hydrogen) atoms. The molecule has 0 aliphatic heterocycles. The van der Waals surface area contributed by atoms with Crippen LogP contribution >= 0.6 is 11.6 Å². The van der Waals surface area contributed by atoms with Gasteiger partial charge in [-0.2, -0.15) is 0 Å². The van der Waals surface area contributed by atoms with Gasteiger partial charge in [0, 0.05) is 6.38 Å². The van der Waals surface area contributed by atoms with Crippen molar-refractivity contribution in [2.75, 3.05) is 6.38 Å². The first-order chi connectivity index (χ1) is 1.00. The fraction of sp³-hybridized carbons (Fsp3) is 1.00. The van der Waals surface area contributed by atoms with E-state index in [9.17, 15) is 0 Å². The second-order valence-electron chi connectivity index (χ2n) is 0. The Balaban J connectivity index is -0.000000000833. The summed E-state index contributed by atoms with van der Waals surface area (Å²) >= 11 is 4.64. The van der Waals surface area contributed by atoms with Crippen LogP contribution in [0.1, 0.15) is 2.85 Å². The van der Waals surface area contributed by atoms with E-state index in [1.807, 2.05) is 0 Å². The predicted octanol–water partition coefficient (Wildman–Crippen LogP) is -4.91. The smallest absolute Gasteiger partial charge is 1.00 e. The van der Waals surface area contributed by atoms with Gasteiger partial charge in [-0.05, 0) is 0 Å². The minimum Gasteiger partial charge on any atom is -1.00 e. The molecule has 0 amide bonds. The molecule has 0 atom stereocenters. The van der Waals surface area contributed by atoms with Gasteiger partial charge in [0.1, 0.15) is 0 Å². The number of alkyl halides is 1. The molecule has 18 valence electrons. The maximum atomic E-state index is 4.64. The van der Waals surface area contributed by atoms with E-state index >= 15 is 0 Å². The topological polar surface area (TPSA) is 0 Å². The molecule has 0 radical (unpaired) electrons. The van der Waals surface area contributed by atoms with Crippen LogP contribution < -0.4 is 59.1 Å². The molecule has 0 spiro atoms. The first kappa shape index (κ1) is 16.3. The second-order valence-corrected chi connectivity index (χ2v) is 0. The molecule has 0 saturated carbocycles. The van der Waals surface area contributed by atoms with Gasteiger partial charge in [0.15, 0.2) is 0 Å². The molecule has 0 aromatic carbocycles. The molecule has 0 heterocycles. The molecule has 0 aliphatic rings. The Morgan fingerprint density at radius 1 is 1.25 bits per heavy atom. The number of hydrogen-bond donors (Lipinski definition) is 0. The van der Waals surface area contributed by atoms with E-state index in [2.05, 4.69) is 11.6 Å². The van der Waals surface area contributed by atoms with Crippen molar-refractivity contribution >= 4 is 11.6 Å². The van der Waals surface area contributed by atoms with Crippen LogP contribution in [-0.2, 0) is 0 Å². The maximum absolute atomic E-state index is 4.64. The van der Waals surface area contributed by atoms with Crippen LogP contribution in [0, 0.1) is 0 Å². The predicted molar refractivity (Wildman–Crippen MR) is 14.0 cm³/mol. The van der Waals surface area contributed by atoms with Crippen LogP contribution in [0.5, 0.6) is 0 Å². The Morgan fingerprint density at radius 3 is 1.25 bits per heavy atom. The van der Waals surface area contributed by atoms with Crippen LogP contribution in [0.2, 0.25) is 0 Å². The fourth-order valence-electron chi connectivity index (χ4n) is 0. The van der Waals surface area contributed by atoms with Crippen molar-refractivity contribution in [3.63, 3.8) is 0 Å². The molecular formula is CH5ClNa2. The third-order valence-corrected chi connectivity index (χ3v) is 0. The van der Waals surface area contributed by atoms with Gasteiger partial charge in [0.2, 0.25) is 0 Å². The number of rotatable bonds is 0. The van der Waals surface area contributed by atoms with Crippen LogP contribution in [0.25, 0.3) is 0 Å². The van der Waals surface area contributed by atoms with Crippen LogP contribution in [-0.4, -0.2) is 6.38 Å². The first-order valence-corrected chi connectivity index (χ1v) is 1.13. The van der Waals surface area contributed by atoms with Gasteiger partial charge in [0.25, 0.3) is 0 Å². The van der Waals surface area contributed by atoms with Crippen molar-refractivity contribution in [2.24, 2.45) is 0 Å². The zero-order chi connectivity index (χ0) is 2.00. The third kappa shape index (κ3) is 8.85. The second kappa shape index (κ2) is 18.6. The Labute approximate surface area is 78.8 Å². The van der Waals surface area contributed by atoms with Crippen molar-refractivity contribution in [1.82, 2.24) is 0 Å². The van der Waals surface area contributed by atoms with Crippen molar-refractivity contribution in [3.8, 4) is 0 Å². The van der Waals surface area contributed by atoms with Gasteiger partial charge in [-0.25, -0.2) is 0 Å². The molecule has 0 bridgehead atoms. The molecule has 0 aromatic heterocycles. The maximum Gasteiger partial charge on any atom is 1.00 e. The summed E-state index contributed by atoms with van der Waals surface area (Å²) in [6.07, 6.45) is 1.47. The Morgan fingerprint density at radius 2 is 1.25 bits per heavy atom. The van der Waals surface area contributed by atoms with Crippen molar-refractivity contribution < 1.29 is 62.0 Å². The zero-order valence-electron chi connectivity index (χ0n) is 5.38. The third-order valence-electron chi connectivity index (χ3n) is 0. The molecule has 0 N–H and O–H groups in total. The van der Waals surface area contributed by atoms with Gasteiger partial charge < -0.3 is 2.85 Å². The van der Waals surface area contributed by atoms with E-state index in [0.29, 0.717) is 0 Å². The monoisotopic (exact) mass is 98.0 g/mol. The van der Waals surface area contributed by atoms with Gasteiger partial charge in [0.05, 0.1) is 0 Å². The van der Waals surface area contributed by atoms with Gasteiger partial charge in [-0.15, -0.1) is 11.6 Å². The van der Waals surface area contributed by atoms with Crippen molar-refractivity contribution in [2.45, 2.75) is 0 Å². The van der Waals surface area contributed by atoms with Crippen molar-refractivity contribution in [1.29, 1.82) is 0 Å². The molecular weight excluding hydrogens is 93.4 g/mol. The summed E-state index contributed by atoms with van der Waals surface area (Å²) in [4.78, 5) is 0. The zero-order valence-corrected chi connectivity index (χ0v) is 8.13. The molecule has 0 aliphatic carbocycles. The van der Waals surface area contributed by atoms with Crippen LogP contribution in [0.3, 0.4) is 0 Å². The minimum absolute atomic E-state index is 0. The van der Waals surface area contributed by atoms with Gasteiger partial charge in [-0.1, -0.05) is 0 Å². The molecule has 0 nitrogen and oxygen atoms in total. The summed E-state index contributed by atoms with van der Waals surface area (Å²) in [5.74, 6) is 0. The van der Waals surface area contributed by atoms with E-state index in [1.165, 1.54) is 6.38 Å². The Bertz CT molecular complexity index is 11.5. The summed E-state index contributed by atoms with van der Waals surface area (Å²) in [7, 11) is 0. The van der Waals surface area contributed by atoms with E-state index in [-0.39, 0.29) is 62.0 Å². The summed E-state index contributed by atoms with van der Waals surface area (Å²) in [6, 6.07) is 0. The summed E-state index contributed by atoms with van der Waals surface area (Å²) in [5.41, 5.74) is 0. The van der Waals surface area contributed by atoms with E-state index in [1.54, 1.807) is 0 Å². The average Bonchev–Trinajstić information content (AvgIpc) is 1.00. The summed E-state index contributed by atoms with van der Waals surface area (Å²) in [6.45, 7) is 0. The SMILES string of the molecule is CCl.[H-].[H-].[Na+].[Na+]. The standard InChI is InChI=1S/CH3Cl.2Na.2H/c1-2;;;;/h1H3;;;;/q;2*+1;2*-1. The van der Waals surface area contributed by atoms with Gasteiger partial charge in [-0.3, -0.25) is 0 Å².